The second kappa shape index (κ2) is 6.83. The summed E-state index contributed by atoms with van der Waals surface area (Å²) in [5.41, 5.74) is 2.89. The molecule has 1 heterocycles. The van der Waals surface area contributed by atoms with Crippen LogP contribution < -0.4 is 4.90 Å². The van der Waals surface area contributed by atoms with Gasteiger partial charge in [-0.1, -0.05) is 35.3 Å². The summed E-state index contributed by atoms with van der Waals surface area (Å²) in [4.78, 5) is 19.3. The molecule has 0 spiro atoms. The summed E-state index contributed by atoms with van der Waals surface area (Å²) in [6, 6.07) is 21.4. The number of aromatic nitrogens is 2. The minimum atomic E-state index is -0.247. The highest BCUT2D eigenvalue weighted by atomic mass is 35.5. The van der Waals surface area contributed by atoms with Gasteiger partial charge in [0.1, 0.15) is 6.33 Å². The summed E-state index contributed by atoms with van der Waals surface area (Å²) >= 11 is 12.0. The Morgan fingerprint density at radius 3 is 1.92 bits per heavy atom. The number of imidazole rings is 1. The normalized spacial score (nSPS) is 10.8. The van der Waals surface area contributed by atoms with Crippen LogP contribution >= 0.6 is 23.2 Å². The van der Waals surface area contributed by atoms with E-state index in [1.807, 2.05) is 24.3 Å². The fourth-order valence-electron chi connectivity index (χ4n) is 2.77. The topological polar surface area (TPSA) is 38.1 Å². The average Bonchev–Trinajstić information content (AvgIpc) is 3.09. The van der Waals surface area contributed by atoms with Gasteiger partial charge in [0.25, 0.3) is 0 Å². The van der Waals surface area contributed by atoms with Gasteiger partial charge in [-0.05, 0) is 60.7 Å². The molecule has 4 nitrogen and oxygen atoms in total. The molecule has 0 aliphatic carbocycles. The zero-order valence-electron chi connectivity index (χ0n) is 13.5. The molecule has 4 rings (SSSR count). The zero-order valence-corrected chi connectivity index (χ0v) is 15.0. The third-order valence-electron chi connectivity index (χ3n) is 4.02. The van der Waals surface area contributed by atoms with E-state index in [0.717, 1.165) is 11.0 Å². The Bertz CT molecular complexity index is 1030. The number of nitrogens with zero attached hydrogens (tertiary/aromatic N) is 3. The number of carbonyl (C=O) groups excluding carboxylic acids is 1. The van der Waals surface area contributed by atoms with Gasteiger partial charge in [0, 0.05) is 10.0 Å². The van der Waals surface area contributed by atoms with E-state index in [1.54, 1.807) is 53.4 Å². The number of carbonyl (C=O) groups is 1. The molecular formula is C20H13Cl2N3O. The van der Waals surface area contributed by atoms with Crippen LogP contribution in [0.2, 0.25) is 10.0 Å². The molecule has 1 aromatic heterocycles. The van der Waals surface area contributed by atoms with E-state index in [-0.39, 0.29) is 6.03 Å². The number of fused-ring (bicyclic) bond motifs is 1. The number of amides is 1. The molecule has 4 aromatic rings. The van der Waals surface area contributed by atoms with Crippen molar-refractivity contribution < 1.29 is 4.79 Å². The first-order valence-electron chi connectivity index (χ1n) is 7.91. The van der Waals surface area contributed by atoms with Crippen molar-refractivity contribution in [1.82, 2.24) is 9.55 Å². The molecule has 0 aliphatic rings. The van der Waals surface area contributed by atoms with E-state index in [4.69, 9.17) is 23.2 Å². The molecule has 0 aliphatic heterocycles. The van der Waals surface area contributed by atoms with Crippen molar-refractivity contribution in [2.45, 2.75) is 0 Å². The van der Waals surface area contributed by atoms with Gasteiger partial charge in [-0.2, -0.15) is 0 Å². The maximum atomic E-state index is 13.4. The lowest BCUT2D eigenvalue weighted by Gasteiger charge is -2.23. The lowest BCUT2D eigenvalue weighted by atomic mass is 10.2. The van der Waals surface area contributed by atoms with E-state index >= 15 is 0 Å². The minimum absolute atomic E-state index is 0.247. The summed E-state index contributed by atoms with van der Waals surface area (Å²) < 4.78 is 1.53. The van der Waals surface area contributed by atoms with Gasteiger partial charge in [0.2, 0.25) is 0 Å². The highest BCUT2D eigenvalue weighted by molar-refractivity contribution is 6.31. The third kappa shape index (κ3) is 3.05. The second-order valence-corrected chi connectivity index (χ2v) is 6.55. The van der Waals surface area contributed by atoms with Gasteiger partial charge in [-0.3, -0.25) is 4.90 Å². The number of rotatable bonds is 2. The Morgan fingerprint density at radius 1 is 0.808 bits per heavy atom. The first-order chi connectivity index (χ1) is 12.6. The Labute approximate surface area is 160 Å². The fourth-order valence-corrected chi connectivity index (χ4v) is 3.02. The summed E-state index contributed by atoms with van der Waals surface area (Å²) in [5, 5.41) is 1.20. The van der Waals surface area contributed by atoms with E-state index in [0.29, 0.717) is 21.4 Å². The highest BCUT2D eigenvalue weighted by Gasteiger charge is 2.21. The Balaban J connectivity index is 1.85. The van der Waals surface area contributed by atoms with Crippen LogP contribution in [0.3, 0.4) is 0 Å². The lowest BCUT2D eigenvalue weighted by molar-refractivity contribution is 0.250. The standard InChI is InChI=1S/C20H13Cl2N3O/c21-14-5-9-16(10-6-14)25(17-11-7-15(22)8-12-17)20(26)24-13-23-18-3-1-2-4-19(18)24/h1-13H. The fraction of sp³-hybridized carbons (Fsp3) is 0. The van der Waals surface area contributed by atoms with Crippen molar-refractivity contribution >= 4 is 51.6 Å². The molecule has 26 heavy (non-hydrogen) atoms. The number of anilines is 2. The molecule has 0 radical (unpaired) electrons. The van der Waals surface area contributed by atoms with E-state index in [9.17, 15) is 4.79 Å². The number of benzene rings is 3. The van der Waals surface area contributed by atoms with Crippen LogP contribution in [0.25, 0.3) is 11.0 Å². The molecule has 0 saturated carbocycles. The molecule has 1 amide bonds. The van der Waals surface area contributed by atoms with Crippen LogP contribution in [-0.2, 0) is 0 Å². The Morgan fingerprint density at radius 2 is 1.35 bits per heavy atom. The van der Waals surface area contributed by atoms with Crippen LogP contribution in [0.5, 0.6) is 0 Å². The van der Waals surface area contributed by atoms with Crippen molar-refractivity contribution in [3.8, 4) is 0 Å². The van der Waals surface area contributed by atoms with Crippen molar-refractivity contribution in [2.24, 2.45) is 0 Å². The summed E-state index contributed by atoms with van der Waals surface area (Å²) in [5.74, 6) is 0. The quantitative estimate of drug-likeness (QED) is 0.417. The van der Waals surface area contributed by atoms with Crippen molar-refractivity contribution in [2.75, 3.05) is 4.90 Å². The second-order valence-electron chi connectivity index (χ2n) is 5.67. The number of para-hydroxylation sites is 2. The van der Waals surface area contributed by atoms with Crippen LogP contribution in [-0.4, -0.2) is 15.6 Å². The molecule has 0 N–H and O–H groups in total. The summed E-state index contributed by atoms with van der Waals surface area (Å²) in [6.45, 7) is 0. The smallest absolute Gasteiger partial charge is 0.262 e. The maximum Gasteiger partial charge on any atom is 0.339 e. The van der Waals surface area contributed by atoms with E-state index in [1.165, 1.54) is 10.9 Å². The lowest BCUT2D eigenvalue weighted by Crippen LogP contribution is -2.30. The SMILES string of the molecule is O=C(N(c1ccc(Cl)cc1)c1ccc(Cl)cc1)n1cnc2ccccc21. The monoisotopic (exact) mass is 381 g/mol. The van der Waals surface area contributed by atoms with Gasteiger partial charge in [0.15, 0.2) is 0 Å². The molecule has 0 unspecified atom stereocenters. The largest absolute Gasteiger partial charge is 0.339 e. The average molecular weight is 382 g/mol. The summed E-state index contributed by atoms with van der Waals surface area (Å²) in [6.07, 6.45) is 1.53. The Hall–Kier alpha value is -2.82. The molecule has 0 bridgehead atoms. The molecular weight excluding hydrogens is 369 g/mol. The van der Waals surface area contributed by atoms with Gasteiger partial charge in [-0.25, -0.2) is 14.3 Å². The number of hydrogen-bond donors (Lipinski definition) is 0. The molecule has 0 atom stereocenters. The Kier molecular flexibility index (Phi) is 4.37. The van der Waals surface area contributed by atoms with Crippen LogP contribution in [0.4, 0.5) is 16.2 Å². The van der Waals surface area contributed by atoms with Crippen LogP contribution in [0.1, 0.15) is 0 Å². The van der Waals surface area contributed by atoms with Crippen LogP contribution in [0.15, 0.2) is 79.1 Å². The maximum absolute atomic E-state index is 13.4. The van der Waals surface area contributed by atoms with E-state index < -0.39 is 0 Å². The van der Waals surface area contributed by atoms with Crippen LogP contribution in [0, 0.1) is 0 Å². The molecule has 3 aromatic carbocycles. The minimum Gasteiger partial charge on any atom is -0.262 e. The molecule has 0 saturated heterocycles. The number of halogens is 2. The molecule has 128 valence electrons. The van der Waals surface area contributed by atoms with Gasteiger partial charge >= 0.3 is 6.03 Å². The van der Waals surface area contributed by atoms with Gasteiger partial charge in [-0.15, -0.1) is 0 Å². The first kappa shape index (κ1) is 16.6. The predicted octanol–water partition coefficient (Wildman–Crippen LogP) is 6.15. The molecule has 6 heteroatoms. The first-order valence-corrected chi connectivity index (χ1v) is 8.67. The van der Waals surface area contributed by atoms with Crippen molar-refractivity contribution in [3.05, 3.63) is 89.2 Å². The summed E-state index contributed by atoms with van der Waals surface area (Å²) in [7, 11) is 0. The zero-order chi connectivity index (χ0) is 18.1. The van der Waals surface area contributed by atoms with E-state index in [2.05, 4.69) is 4.98 Å². The molecule has 0 fully saturated rings. The van der Waals surface area contributed by atoms with Crippen molar-refractivity contribution in [3.63, 3.8) is 0 Å². The number of hydrogen-bond acceptors (Lipinski definition) is 2. The van der Waals surface area contributed by atoms with Gasteiger partial charge in [0.05, 0.1) is 22.4 Å². The highest BCUT2D eigenvalue weighted by Crippen LogP contribution is 2.29. The van der Waals surface area contributed by atoms with Crippen molar-refractivity contribution in [1.29, 1.82) is 0 Å². The third-order valence-corrected chi connectivity index (χ3v) is 4.52. The van der Waals surface area contributed by atoms with Gasteiger partial charge < -0.3 is 0 Å². The predicted molar refractivity (Wildman–Crippen MR) is 106 cm³/mol.